The number of rotatable bonds is 8. The molecule has 0 spiro atoms. The van der Waals surface area contributed by atoms with Crippen molar-refractivity contribution in [1.82, 2.24) is 10.3 Å². The van der Waals surface area contributed by atoms with Crippen molar-refractivity contribution in [2.75, 3.05) is 6.54 Å². The van der Waals surface area contributed by atoms with Gasteiger partial charge >= 0.3 is 0 Å². The Labute approximate surface area is 115 Å². The molecule has 0 saturated heterocycles. The van der Waals surface area contributed by atoms with E-state index in [1.807, 2.05) is 30.8 Å². The number of hydrogen-bond donors (Lipinski definition) is 1. The maximum atomic E-state index is 5.14. The molecule has 3 nitrogen and oxygen atoms in total. The van der Waals surface area contributed by atoms with Gasteiger partial charge in [-0.3, -0.25) is 4.98 Å². The van der Waals surface area contributed by atoms with Crippen LogP contribution in [0, 0.1) is 0 Å². The summed E-state index contributed by atoms with van der Waals surface area (Å²) >= 11 is 0. The number of pyridine rings is 1. The first-order chi connectivity index (χ1) is 9.38. The maximum Gasteiger partial charge on any atom is 0.0935 e. The molecule has 3 heteroatoms. The van der Waals surface area contributed by atoms with E-state index in [2.05, 4.69) is 23.3 Å². The summed E-state index contributed by atoms with van der Waals surface area (Å²) in [5.41, 5.74) is 2.57. The minimum absolute atomic E-state index is 0.498. The average molecular weight is 258 g/mol. The van der Waals surface area contributed by atoms with E-state index in [1.165, 1.54) is 11.1 Å². The summed E-state index contributed by atoms with van der Waals surface area (Å²) in [5, 5.41) is 3.62. The summed E-state index contributed by atoms with van der Waals surface area (Å²) in [6.45, 7) is 3.26. The summed E-state index contributed by atoms with van der Waals surface area (Å²) in [6, 6.07) is 6.68. The van der Waals surface area contributed by atoms with Crippen LogP contribution in [0.25, 0.3) is 0 Å². The zero-order valence-electron chi connectivity index (χ0n) is 11.5. The van der Waals surface area contributed by atoms with Gasteiger partial charge in [-0.25, -0.2) is 0 Å². The Bertz CT molecular complexity index is 439. The highest BCUT2D eigenvalue weighted by atomic mass is 16.3. The Kier molecular flexibility index (Phi) is 5.63. The van der Waals surface area contributed by atoms with Gasteiger partial charge < -0.3 is 9.73 Å². The second-order valence-corrected chi connectivity index (χ2v) is 4.89. The minimum Gasteiger partial charge on any atom is -0.472 e. The lowest BCUT2D eigenvalue weighted by Crippen LogP contribution is -2.32. The molecule has 2 aromatic heterocycles. The van der Waals surface area contributed by atoms with Crippen LogP contribution in [0.1, 0.15) is 30.9 Å². The fraction of sp³-hybridized carbons (Fsp3) is 0.438. The topological polar surface area (TPSA) is 38.1 Å². The number of hydrogen-bond acceptors (Lipinski definition) is 3. The molecule has 19 heavy (non-hydrogen) atoms. The number of nitrogens with one attached hydrogen (secondary N) is 1. The van der Waals surface area contributed by atoms with Gasteiger partial charge in [0, 0.05) is 18.4 Å². The Balaban J connectivity index is 1.86. The predicted octanol–water partition coefficient (Wildman–Crippen LogP) is 3.22. The molecule has 1 N–H and O–H groups in total. The van der Waals surface area contributed by atoms with Crippen molar-refractivity contribution in [2.24, 2.45) is 0 Å². The molecule has 1 atom stereocenters. The van der Waals surface area contributed by atoms with E-state index in [0.717, 1.165) is 32.2 Å². The van der Waals surface area contributed by atoms with Gasteiger partial charge in [0.25, 0.3) is 0 Å². The van der Waals surface area contributed by atoms with Crippen molar-refractivity contribution in [2.45, 2.75) is 38.6 Å². The molecular weight excluding hydrogens is 236 g/mol. The summed E-state index contributed by atoms with van der Waals surface area (Å²) in [6.07, 6.45) is 11.7. The molecule has 0 aromatic carbocycles. The highest BCUT2D eigenvalue weighted by Gasteiger charge is 2.10. The van der Waals surface area contributed by atoms with Crippen molar-refractivity contribution in [1.29, 1.82) is 0 Å². The van der Waals surface area contributed by atoms with Crippen LogP contribution in [0.15, 0.2) is 47.5 Å². The molecule has 0 radical (unpaired) electrons. The van der Waals surface area contributed by atoms with Crippen LogP contribution in [0.2, 0.25) is 0 Å². The maximum absolute atomic E-state index is 5.14. The molecule has 2 rings (SSSR count). The van der Waals surface area contributed by atoms with Crippen LogP contribution in [0.3, 0.4) is 0 Å². The third-order valence-electron chi connectivity index (χ3n) is 3.25. The number of nitrogens with zero attached hydrogens (tertiary/aromatic N) is 1. The van der Waals surface area contributed by atoms with E-state index in [9.17, 15) is 0 Å². The monoisotopic (exact) mass is 258 g/mol. The normalized spacial score (nSPS) is 12.5. The molecule has 1 unspecified atom stereocenters. The smallest absolute Gasteiger partial charge is 0.0935 e. The predicted molar refractivity (Wildman–Crippen MR) is 77.1 cm³/mol. The Hall–Kier alpha value is -1.61. The standard InChI is InChI=1S/C16H22N2O/c1-2-8-18-16(11-15-7-10-19-13-15)6-5-14-4-3-9-17-12-14/h3-4,7,9-10,12-13,16,18H,2,5-6,8,11H2,1H3. The van der Waals surface area contributed by atoms with E-state index >= 15 is 0 Å². The highest BCUT2D eigenvalue weighted by Crippen LogP contribution is 2.10. The molecule has 0 bridgehead atoms. The first-order valence-corrected chi connectivity index (χ1v) is 7.02. The molecule has 0 aliphatic rings. The molecule has 0 fully saturated rings. The lowest BCUT2D eigenvalue weighted by Gasteiger charge is -2.17. The van der Waals surface area contributed by atoms with E-state index in [1.54, 1.807) is 6.26 Å². The van der Waals surface area contributed by atoms with Gasteiger partial charge in [0.05, 0.1) is 12.5 Å². The fourth-order valence-electron chi connectivity index (χ4n) is 2.20. The van der Waals surface area contributed by atoms with Crippen LogP contribution >= 0.6 is 0 Å². The van der Waals surface area contributed by atoms with Crippen molar-refractivity contribution in [3.05, 3.63) is 54.2 Å². The number of aryl methyl sites for hydroxylation is 1. The molecule has 0 saturated carbocycles. The van der Waals surface area contributed by atoms with E-state index < -0.39 is 0 Å². The van der Waals surface area contributed by atoms with Gasteiger partial charge in [0.2, 0.25) is 0 Å². The van der Waals surface area contributed by atoms with Crippen LogP contribution in [-0.2, 0) is 12.8 Å². The molecule has 0 aliphatic carbocycles. The Morgan fingerprint density at radius 3 is 2.95 bits per heavy atom. The van der Waals surface area contributed by atoms with Gasteiger partial charge in [-0.2, -0.15) is 0 Å². The number of furan rings is 1. The Morgan fingerprint density at radius 2 is 2.26 bits per heavy atom. The molecular formula is C16H22N2O. The molecule has 102 valence electrons. The molecule has 0 aliphatic heterocycles. The number of aromatic nitrogens is 1. The van der Waals surface area contributed by atoms with E-state index in [0.29, 0.717) is 6.04 Å². The van der Waals surface area contributed by atoms with Gasteiger partial charge in [-0.1, -0.05) is 13.0 Å². The van der Waals surface area contributed by atoms with Crippen molar-refractivity contribution in [3.8, 4) is 0 Å². The fourth-order valence-corrected chi connectivity index (χ4v) is 2.20. The van der Waals surface area contributed by atoms with Gasteiger partial charge in [-0.05, 0) is 55.5 Å². The largest absolute Gasteiger partial charge is 0.472 e. The lowest BCUT2D eigenvalue weighted by atomic mass is 10.0. The third-order valence-corrected chi connectivity index (χ3v) is 3.25. The van der Waals surface area contributed by atoms with Crippen molar-refractivity contribution >= 4 is 0 Å². The first kappa shape index (κ1) is 13.8. The summed E-state index contributed by atoms with van der Waals surface area (Å²) in [7, 11) is 0. The average Bonchev–Trinajstić information content (AvgIpc) is 2.96. The van der Waals surface area contributed by atoms with Crippen LogP contribution in [0.4, 0.5) is 0 Å². The van der Waals surface area contributed by atoms with E-state index in [-0.39, 0.29) is 0 Å². The highest BCUT2D eigenvalue weighted by molar-refractivity contribution is 5.10. The molecule has 2 heterocycles. The minimum atomic E-state index is 0.498. The van der Waals surface area contributed by atoms with Gasteiger partial charge in [-0.15, -0.1) is 0 Å². The second kappa shape index (κ2) is 7.74. The second-order valence-electron chi connectivity index (χ2n) is 4.89. The van der Waals surface area contributed by atoms with Crippen molar-refractivity contribution in [3.63, 3.8) is 0 Å². The third kappa shape index (κ3) is 4.87. The van der Waals surface area contributed by atoms with Gasteiger partial charge in [0.15, 0.2) is 0 Å². The van der Waals surface area contributed by atoms with Crippen LogP contribution < -0.4 is 5.32 Å². The van der Waals surface area contributed by atoms with Gasteiger partial charge in [0.1, 0.15) is 0 Å². The summed E-state index contributed by atoms with van der Waals surface area (Å²) < 4.78 is 5.14. The first-order valence-electron chi connectivity index (χ1n) is 7.02. The lowest BCUT2D eigenvalue weighted by molar-refractivity contribution is 0.474. The van der Waals surface area contributed by atoms with Crippen LogP contribution in [0.5, 0.6) is 0 Å². The zero-order chi connectivity index (χ0) is 13.3. The van der Waals surface area contributed by atoms with E-state index in [4.69, 9.17) is 4.42 Å². The quantitative estimate of drug-likeness (QED) is 0.790. The summed E-state index contributed by atoms with van der Waals surface area (Å²) in [4.78, 5) is 4.17. The Morgan fingerprint density at radius 1 is 1.32 bits per heavy atom. The SMILES string of the molecule is CCCNC(CCc1cccnc1)Cc1ccoc1. The van der Waals surface area contributed by atoms with Crippen LogP contribution in [-0.4, -0.2) is 17.6 Å². The van der Waals surface area contributed by atoms with Crippen molar-refractivity contribution < 1.29 is 4.42 Å². The molecule has 0 amide bonds. The molecule has 2 aromatic rings. The zero-order valence-corrected chi connectivity index (χ0v) is 11.5. The summed E-state index contributed by atoms with van der Waals surface area (Å²) in [5.74, 6) is 0.